The molecular formula is C15H28N2O. The highest BCUT2D eigenvalue weighted by molar-refractivity contribution is 5.78. The van der Waals surface area contributed by atoms with Gasteiger partial charge in [-0.3, -0.25) is 4.79 Å². The van der Waals surface area contributed by atoms with E-state index < -0.39 is 0 Å². The van der Waals surface area contributed by atoms with E-state index in [1.807, 2.05) is 0 Å². The van der Waals surface area contributed by atoms with E-state index in [-0.39, 0.29) is 5.54 Å². The molecule has 18 heavy (non-hydrogen) atoms. The normalized spacial score (nSPS) is 32.3. The molecule has 104 valence electrons. The van der Waals surface area contributed by atoms with Crippen LogP contribution in [0, 0.1) is 5.92 Å². The predicted octanol–water partition coefficient (Wildman–Crippen LogP) is 2.69. The van der Waals surface area contributed by atoms with Gasteiger partial charge in [0.25, 0.3) is 0 Å². The number of hydrogen-bond acceptors (Lipinski definition) is 2. The van der Waals surface area contributed by atoms with Crippen LogP contribution in [0.3, 0.4) is 0 Å². The molecular weight excluding hydrogens is 224 g/mol. The van der Waals surface area contributed by atoms with Gasteiger partial charge in [0.15, 0.2) is 0 Å². The summed E-state index contributed by atoms with van der Waals surface area (Å²) in [5.41, 5.74) is 6.19. The number of nitrogens with zero attached hydrogens (tertiary/aromatic N) is 1. The average molecular weight is 252 g/mol. The summed E-state index contributed by atoms with van der Waals surface area (Å²) in [4.78, 5) is 14.6. The highest BCUT2D eigenvalue weighted by Gasteiger charge is 2.35. The fourth-order valence-corrected chi connectivity index (χ4v) is 3.52. The molecule has 2 unspecified atom stereocenters. The van der Waals surface area contributed by atoms with Gasteiger partial charge < -0.3 is 10.6 Å². The second kappa shape index (κ2) is 5.60. The summed E-state index contributed by atoms with van der Waals surface area (Å²) in [6, 6.07) is 0.387. The highest BCUT2D eigenvalue weighted by Crippen LogP contribution is 2.31. The van der Waals surface area contributed by atoms with Gasteiger partial charge >= 0.3 is 0 Å². The Morgan fingerprint density at radius 1 is 1.22 bits per heavy atom. The molecule has 0 radical (unpaired) electrons. The SMILES string of the molecule is CC1CCCN(C(=O)CC2(N)CCCCC2)C1C. The van der Waals surface area contributed by atoms with E-state index in [0.717, 1.165) is 25.8 Å². The Kier molecular flexibility index (Phi) is 4.31. The number of piperidine rings is 1. The van der Waals surface area contributed by atoms with Crippen LogP contribution in [0.4, 0.5) is 0 Å². The number of amides is 1. The Bertz CT molecular complexity index is 297. The van der Waals surface area contributed by atoms with Crippen LogP contribution >= 0.6 is 0 Å². The number of carbonyl (C=O) groups is 1. The quantitative estimate of drug-likeness (QED) is 0.821. The number of likely N-dealkylation sites (tertiary alicyclic amines) is 1. The zero-order chi connectivity index (χ0) is 13.2. The van der Waals surface area contributed by atoms with Crippen LogP contribution in [0.15, 0.2) is 0 Å². The number of hydrogen-bond donors (Lipinski definition) is 1. The Morgan fingerprint density at radius 3 is 2.56 bits per heavy atom. The molecule has 0 aromatic heterocycles. The van der Waals surface area contributed by atoms with Gasteiger partial charge in [-0.05, 0) is 38.5 Å². The first kappa shape index (κ1) is 13.9. The molecule has 1 heterocycles. The molecule has 1 saturated carbocycles. The summed E-state index contributed by atoms with van der Waals surface area (Å²) in [7, 11) is 0. The van der Waals surface area contributed by atoms with Crippen molar-refractivity contribution in [3.8, 4) is 0 Å². The molecule has 1 saturated heterocycles. The lowest BCUT2D eigenvalue weighted by atomic mass is 9.79. The predicted molar refractivity (Wildman–Crippen MR) is 74.2 cm³/mol. The van der Waals surface area contributed by atoms with Crippen molar-refractivity contribution >= 4 is 5.91 Å². The Hall–Kier alpha value is -0.570. The van der Waals surface area contributed by atoms with E-state index in [4.69, 9.17) is 5.73 Å². The van der Waals surface area contributed by atoms with Crippen LogP contribution in [-0.4, -0.2) is 28.9 Å². The van der Waals surface area contributed by atoms with E-state index in [1.54, 1.807) is 0 Å². The summed E-state index contributed by atoms with van der Waals surface area (Å²) >= 11 is 0. The fraction of sp³-hybridized carbons (Fsp3) is 0.933. The smallest absolute Gasteiger partial charge is 0.224 e. The van der Waals surface area contributed by atoms with Crippen LogP contribution in [0.2, 0.25) is 0 Å². The summed E-state index contributed by atoms with van der Waals surface area (Å²) < 4.78 is 0. The number of carbonyl (C=O) groups excluding carboxylic acids is 1. The van der Waals surface area contributed by atoms with Crippen LogP contribution in [0.5, 0.6) is 0 Å². The second-order valence-corrected chi connectivity index (χ2v) is 6.55. The maximum atomic E-state index is 12.5. The maximum absolute atomic E-state index is 12.5. The molecule has 2 fully saturated rings. The largest absolute Gasteiger partial charge is 0.340 e. The third-order valence-corrected chi connectivity index (χ3v) is 5.05. The highest BCUT2D eigenvalue weighted by atomic mass is 16.2. The molecule has 1 aliphatic heterocycles. The van der Waals surface area contributed by atoms with Crippen molar-refractivity contribution < 1.29 is 4.79 Å². The Labute approximate surface area is 111 Å². The van der Waals surface area contributed by atoms with Gasteiger partial charge in [0.05, 0.1) is 0 Å². The minimum atomic E-state index is -0.213. The summed E-state index contributed by atoms with van der Waals surface area (Å²) in [5, 5.41) is 0. The molecule has 2 rings (SSSR count). The third-order valence-electron chi connectivity index (χ3n) is 5.05. The summed E-state index contributed by atoms with van der Waals surface area (Å²) in [6.07, 6.45) is 8.67. The molecule has 3 heteroatoms. The zero-order valence-corrected chi connectivity index (χ0v) is 12.0. The second-order valence-electron chi connectivity index (χ2n) is 6.55. The van der Waals surface area contributed by atoms with Crippen molar-refractivity contribution in [2.45, 2.75) is 76.8 Å². The van der Waals surface area contributed by atoms with Gasteiger partial charge in [-0.2, -0.15) is 0 Å². The lowest BCUT2D eigenvalue weighted by Crippen LogP contribution is -2.51. The van der Waals surface area contributed by atoms with Gasteiger partial charge in [-0.1, -0.05) is 26.2 Å². The molecule has 2 aliphatic rings. The van der Waals surface area contributed by atoms with Crippen LogP contribution in [0.1, 0.15) is 65.2 Å². The van der Waals surface area contributed by atoms with E-state index in [9.17, 15) is 4.79 Å². The molecule has 0 bridgehead atoms. The topological polar surface area (TPSA) is 46.3 Å². The average Bonchev–Trinajstić information content (AvgIpc) is 2.33. The third kappa shape index (κ3) is 3.05. The van der Waals surface area contributed by atoms with Gasteiger partial charge in [0.2, 0.25) is 5.91 Å². The van der Waals surface area contributed by atoms with E-state index >= 15 is 0 Å². The fourth-order valence-electron chi connectivity index (χ4n) is 3.52. The van der Waals surface area contributed by atoms with Crippen LogP contribution in [0.25, 0.3) is 0 Å². The van der Waals surface area contributed by atoms with Crippen molar-refractivity contribution in [3.05, 3.63) is 0 Å². The molecule has 0 spiro atoms. The van der Waals surface area contributed by atoms with Crippen molar-refractivity contribution in [2.75, 3.05) is 6.54 Å². The van der Waals surface area contributed by atoms with E-state index in [1.165, 1.54) is 25.7 Å². The number of rotatable bonds is 2. The van der Waals surface area contributed by atoms with Crippen molar-refractivity contribution in [1.82, 2.24) is 4.90 Å². The first-order valence-corrected chi connectivity index (χ1v) is 7.60. The number of nitrogens with two attached hydrogens (primary N) is 1. The molecule has 0 aromatic carbocycles. The molecule has 2 N–H and O–H groups in total. The molecule has 0 aromatic rings. The van der Waals surface area contributed by atoms with Gasteiger partial charge in [-0.15, -0.1) is 0 Å². The molecule has 2 atom stereocenters. The van der Waals surface area contributed by atoms with Gasteiger partial charge in [0.1, 0.15) is 0 Å². The Balaban J connectivity index is 1.94. The van der Waals surface area contributed by atoms with Crippen LogP contribution in [-0.2, 0) is 4.79 Å². The summed E-state index contributed by atoms with van der Waals surface area (Å²) in [6.45, 7) is 5.37. The van der Waals surface area contributed by atoms with Gasteiger partial charge in [0, 0.05) is 24.5 Å². The maximum Gasteiger partial charge on any atom is 0.224 e. The molecule has 1 amide bonds. The Morgan fingerprint density at radius 2 is 1.89 bits per heavy atom. The van der Waals surface area contributed by atoms with Crippen molar-refractivity contribution in [1.29, 1.82) is 0 Å². The standard InChI is InChI=1S/C15H28N2O/c1-12-7-6-10-17(13(12)2)14(18)11-15(16)8-4-3-5-9-15/h12-13H,3-11,16H2,1-2H3. The van der Waals surface area contributed by atoms with Gasteiger partial charge in [-0.25, -0.2) is 0 Å². The van der Waals surface area contributed by atoms with E-state index in [2.05, 4.69) is 18.7 Å². The first-order chi connectivity index (χ1) is 8.52. The monoisotopic (exact) mass is 252 g/mol. The minimum absolute atomic E-state index is 0.213. The van der Waals surface area contributed by atoms with Crippen molar-refractivity contribution in [2.24, 2.45) is 11.7 Å². The molecule has 3 nitrogen and oxygen atoms in total. The lowest BCUT2D eigenvalue weighted by molar-refractivity contribution is -0.137. The van der Waals surface area contributed by atoms with Crippen molar-refractivity contribution in [3.63, 3.8) is 0 Å². The minimum Gasteiger partial charge on any atom is -0.340 e. The lowest BCUT2D eigenvalue weighted by Gasteiger charge is -2.41. The summed E-state index contributed by atoms with van der Waals surface area (Å²) in [5.74, 6) is 0.918. The zero-order valence-electron chi connectivity index (χ0n) is 12.0. The van der Waals surface area contributed by atoms with Crippen LogP contribution < -0.4 is 5.73 Å². The van der Waals surface area contributed by atoms with E-state index in [0.29, 0.717) is 24.3 Å². The first-order valence-electron chi connectivity index (χ1n) is 7.60. The molecule has 1 aliphatic carbocycles.